The van der Waals surface area contributed by atoms with Crippen LogP contribution in [0.1, 0.15) is 31.1 Å². The molecule has 0 aliphatic carbocycles. The molecule has 0 unspecified atom stereocenters. The highest BCUT2D eigenvalue weighted by molar-refractivity contribution is 5.60. The molecule has 3 aromatic rings. The van der Waals surface area contributed by atoms with Crippen molar-refractivity contribution in [2.24, 2.45) is 0 Å². The van der Waals surface area contributed by atoms with E-state index in [1.54, 1.807) is 6.07 Å². The zero-order valence-electron chi connectivity index (χ0n) is 13.2. The number of benzene rings is 1. The lowest BCUT2D eigenvalue weighted by molar-refractivity contribution is 0.400. The fraction of sp³-hybridized carbons (Fsp3) is 0.250. The molecular formula is C16H18N6O. The lowest BCUT2D eigenvalue weighted by Gasteiger charge is -2.13. The van der Waals surface area contributed by atoms with Gasteiger partial charge in [0, 0.05) is 11.8 Å². The topological polar surface area (TPSA) is 88.8 Å². The highest BCUT2D eigenvalue weighted by Crippen LogP contribution is 2.25. The van der Waals surface area contributed by atoms with Gasteiger partial charge in [-0.25, -0.2) is 0 Å². The molecule has 118 valence electrons. The number of aromatic nitrogens is 4. The smallest absolute Gasteiger partial charge is 0.249 e. The average molecular weight is 310 g/mol. The fourth-order valence-corrected chi connectivity index (χ4v) is 2.21. The highest BCUT2D eigenvalue weighted by Gasteiger charge is 2.09. The van der Waals surface area contributed by atoms with Crippen LogP contribution in [0.2, 0.25) is 0 Å². The Bertz CT molecular complexity index is 799. The zero-order valence-corrected chi connectivity index (χ0v) is 13.2. The number of anilines is 4. The first-order valence-corrected chi connectivity index (χ1v) is 7.38. The lowest BCUT2D eigenvalue weighted by atomic mass is 10.0. The van der Waals surface area contributed by atoms with Gasteiger partial charge in [-0.05, 0) is 24.5 Å². The van der Waals surface area contributed by atoms with Crippen molar-refractivity contribution < 1.29 is 4.52 Å². The molecule has 0 saturated heterocycles. The number of nitrogens with zero attached hydrogens (tertiary/aromatic N) is 4. The summed E-state index contributed by atoms with van der Waals surface area (Å²) in [6.07, 6.45) is 1.53. The molecule has 2 heterocycles. The molecule has 0 fully saturated rings. The number of nitrogens with one attached hydrogen (secondary N) is 2. The van der Waals surface area contributed by atoms with E-state index in [2.05, 4.69) is 50.9 Å². The van der Waals surface area contributed by atoms with Crippen molar-refractivity contribution in [1.82, 2.24) is 20.3 Å². The molecule has 0 saturated carbocycles. The molecular weight excluding hydrogens is 292 g/mol. The third kappa shape index (κ3) is 3.63. The van der Waals surface area contributed by atoms with Crippen molar-refractivity contribution in [2.45, 2.75) is 26.7 Å². The number of para-hydroxylation sites is 1. The molecule has 2 aromatic heterocycles. The van der Waals surface area contributed by atoms with Crippen LogP contribution < -0.4 is 10.6 Å². The first-order chi connectivity index (χ1) is 11.1. The van der Waals surface area contributed by atoms with Crippen molar-refractivity contribution in [3.05, 3.63) is 47.9 Å². The minimum Gasteiger partial charge on any atom is -0.360 e. The summed E-state index contributed by atoms with van der Waals surface area (Å²) >= 11 is 0. The third-order valence-electron chi connectivity index (χ3n) is 3.27. The second-order valence-electron chi connectivity index (χ2n) is 5.48. The van der Waals surface area contributed by atoms with E-state index < -0.39 is 0 Å². The summed E-state index contributed by atoms with van der Waals surface area (Å²) in [6.45, 7) is 6.11. The summed E-state index contributed by atoms with van der Waals surface area (Å²) in [5.74, 6) is 2.66. The van der Waals surface area contributed by atoms with Crippen molar-refractivity contribution in [3.8, 4) is 0 Å². The average Bonchev–Trinajstić information content (AvgIpc) is 2.93. The van der Waals surface area contributed by atoms with Gasteiger partial charge >= 0.3 is 0 Å². The molecule has 0 aliphatic heterocycles. The number of rotatable bonds is 5. The second kappa shape index (κ2) is 6.43. The Morgan fingerprint density at radius 2 is 1.91 bits per heavy atom. The Balaban J connectivity index is 1.80. The number of aryl methyl sites for hydroxylation is 1. The lowest BCUT2D eigenvalue weighted by Crippen LogP contribution is -2.04. The molecule has 3 rings (SSSR count). The van der Waals surface area contributed by atoms with Gasteiger partial charge < -0.3 is 15.2 Å². The molecule has 0 amide bonds. The molecule has 0 radical (unpaired) electrons. The molecule has 7 nitrogen and oxygen atoms in total. The van der Waals surface area contributed by atoms with Gasteiger partial charge in [0.25, 0.3) is 0 Å². The largest absolute Gasteiger partial charge is 0.360 e. The van der Waals surface area contributed by atoms with Crippen LogP contribution in [0.3, 0.4) is 0 Å². The molecule has 23 heavy (non-hydrogen) atoms. The van der Waals surface area contributed by atoms with E-state index in [9.17, 15) is 0 Å². The maximum Gasteiger partial charge on any atom is 0.249 e. The van der Waals surface area contributed by atoms with Crippen molar-refractivity contribution in [2.75, 3.05) is 10.6 Å². The van der Waals surface area contributed by atoms with Gasteiger partial charge in [-0.15, -0.1) is 5.10 Å². The molecule has 0 bridgehead atoms. The maximum absolute atomic E-state index is 5.01. The van der Waals surface area contributed by atoms with E-state index in [4.69, 9.17) is 4.52 Å². The first kappa shape index (κ1) is 15.0. The summed E-state index contributed by atoms with van der Waals surface area (Å²) in [5.41, 5.74) is 2.17. The van der Waals surface area contributed by atoms with E-state index in [-0.39, 0.29) is 0 Å². The first-order valence-electron chi connectivity index (χ1n) is 7.38. The minimum atomic E-state index is 0.395. The van der Waals surface area contributed by atoms with E-state index in [1.165, 1.54) is 11.8 Å². The molecule has 0 aliphatic rings. The second-order valence-corrected chi connectivity index (χ2v) is 5.48. The Morgan fingerprint density at radius 1 is 1.09 bits per heavy atom. The van der Waals surface area contributed by atoms with Gasteiger partial charge in [0.15, 0.2) is 11.6 Å². The molecule has 0 atom stereocenters. The Hall–Kier alpha value is -2.96. The summed E-state index contributed by atoms with van der Waals surface area (Å²) in [4.78, 5) is 4.40. The Kier molecular flexibility index (Phi) is 4.18. The van der Waals surface area contributed by atoms with E-state index >= 15 is 0 Å². The molecule has 7 heteroatoms. The number of hydrogen-bond donors (Lipinski definition) is 2. The Morgan fingerprint density at radius 3 is 2.65 bits per heavy atom. The van der Waals surface area contributed by atoms with E-state index in [1.807, 2.05) is 25.1 Å². The summed E-state index contributed by atoms with van der Waals surface area (Å²) in [6, 6.07) is 9.86. The van der Waals surface area contributed by atoms with Gasteiger partial charge in [0.2, 0.25) is 5.95 Å². The van der Waals surface area contributed by atoms with Gasteiger partial charge in [-0.3, -0.25) is 0 Å². The van der Waals surface area contributed by atoms with Crippen LogP contribution in [-0.2, 0) is 0 Å². The van der Waals surface area contributed by atoms with Gasteiger partial charge in [-0.1, -0.05) is 37.2 Å². The molecule has 1 aromatic carbocycles. The SMILES string of the molecule is Cc1cc(Nc2cnnc(Nc3ccccc3C(C)C)n2)no1. The predicted molar refractivity (Wildman–Crippen MR) is 88.2 cm³/mol. The van der Waals surface area contributed by atoms with E-state index in [0.717, 1.165) is 11.4 Å². The van der Waals surface area contributed by atoms with Crippen molar-refractivity contribution in [1.29, 1.82) is 0 Å². The Labute approximate surface area is 134 Å². The van der Waals surface area contributed by atoms with Crippen molar-refractivity contribution >= 4 is 23.3 Å². The maximum atomic E-state index is 5.01. The summed E-state index contributed by atoms with van der Waals surface area (Å²) < 4.78 is 5.01. The van der Waals surface area contributed by atoms with Gasteiger partial charge in [0.05, 0.1) is 6.20 Å². The van der Waals surface area contributed by atoms with Gasteiger partial charge in [-0.2, -0.15) is 10.1 Å². The van der Waals surface area contributed by atoms with Crippen LogP contribution in [0, 0.1) is 6.92 Å². The minimum absolute atomic E-state index is 0.395. The normalized spacial score (nSPS) is 10.8. The van der Waals surface area contributed by atoms with Gasteiger partial charge in [0.1, 0.15) is 5.76 Å². The third-order valence-corrected chi connectivity index (χ3v) is 3.27. The van der Waals surface area contributed by atoms with Crippen LogP contribution in [-0.4, -0.2) is 20.3 Å². The van der Waals surface area contributed by atoms with Crippen LogP contribution in [0.4, 0.5) is 23.3 Å². The zero-order chi connectivity index (χ0) is 16.2. The highest BCUT2D eigenvalue weighted by atomic mass is 16.5. The predicted octanol–water partition coefficient (Wildman–Crippen LogP) is 3.78. The monoisotopic (exact) mass is 310 g/mol. The summed E-state index contributed by atoms with van der Waals surface area (Å²) in [7, 11) is 0. The standard InChI is InChI=1S/C16H18N6O/c1-10(2)12-6-4-5-7-13(12)18-16-20-15(9-17-21-16)19-14-8-11(3)23-22-14/h4-10H,1-3H3,(H2,18,19,20,21,22). The van der Waals surface area contributed by atoms with Crippen LogP contribution >= 0.6 is 0 Å². The number of hydrogen-bond acceptors (Lipinski definition) is 7. The molecule has 0 spiro atoms. The van der Waals surface area contributed by atoms with Crippen molar-refractivity contribution in [3.63, 3.8) is 0 Å². The quantitative estimate of drug-likeness (QED) is 0.741. The van der Waals surface area contributed by atoms with Crippen LogP contribution in [0.25, 0.3) is 0 Å². The fourth-order valence-electron chi connectivity index (χ4n) is 2.21. The van der Waals surface area contributed by atoms with Crippen LogP contribution in [0.15, 0.2) is 41.1 Å². The molecule has 2 N–H and O–H groups in total. The van der Waals surface area contributed by atoms with Crippen LogP contribution in [0.5, 0.6) is 0 Å². The van der Waals surface area contributed by atoms with E-state index in [0.29, 0.717) is 23.5 Å². The summed E-state index contributed by atoms with van der Waals surface area (Å²) in [5, 5.41) is 18.1.